The lowest BCUT2D eigenvalue weighted by Gasteiger charge is -2.33. The molecule has 1 aliphatic rings. The Kier molecular flexibility index (Phi) is 4.87. The molecule has 0 heterocycles. The predicted molar refractivity (Wildman–Crippen MR) is 81.5 cm³/mol. The number of aliphatic hydroxyl groups excluding tert-OH is 1. The molecule has 2 unspecified atom stereocenters. The van der Waals surface area contributed by atoms with Gasteiger partial charge in [0, 0.05) is 5.69 Å². The maximum absolute atomic E-state index is 9.88. The summed E-state index contributed by atoms with van der Waals surface area (Å²) in [6.07, 6.45) is 7.19. The molecule has 2 N–H and O–H groups in total. The molecule has 1 saturated carbocycles. The third-order valence-electron chi connectivity index (χ3n) is 4.64. The lowest BCUT2D eigenvalue weighted by molar-refractivity contribution is 0.194. The molecular weight excluding hydrogens is 234 g/mol. The first-order chi connectivity index (χ1) is 9.17. The molecule has 0 spiro atoms. The summed E-state index contributed by atoms with van der Waals surface area (Å²) in [5.41, 5.74) is 2.30. The minimum Gasteiger partial charge on any atom is -0.394 e. The SMILES string of the molecule is CCC1CCCC(CO)(Nc2ccc(C)cc2)CC1. The van der Waals surface area contributed by atoms with Gasteiger partial charge in [0.2, 0.25) is 0 Å². The molecule has 0 bridgehead atoms. The highest BCUT2D eigenvalue weighted by Crippen LogP contribution is 2.34. The van der Waals surface area contributed by atoms with Gasteiger partial charge in [0.1, 0.15) is 0 Å². The van der Waals surface area contributed by atoms with Crippen molar-refractivity contribution in [1.82, 2.24) is 0 Å². The lowest BCUT2D eigenvalue weighted by Crippen LogP contribution is -2.41. The van der Waals surface area contributed by atoms with Crippen LogP contribution in [-0.2, 0) is 0 Å². The highest BCUT2D eigenvalue weighted by molar-refractivity contribution is 5.47. The van der Waals surface area contributed by atoms with Crippen molar-refractivity contribution in [1.29, 1.82) is 0 Å². The molecule has 2 heteroatoms. The fraction of sp³-hybridized carbons (Fsp3) is 0.647. The van der Waals surface area contributed by atoms with Gasteiger partial charge in [-0.2, -0.15) is 0 Å². The second kappa shape index (κ2) is 6.42. The monoisotopic (exact) mass is 261 g/mol. The Hall–Kier alpha value is -1.02. The third kappa shape index (κ3) is 3.73. The van der Waals surface area contributed by atoms with Gasteiger partial charge in [-0.15, -0.1) is 0 Å². The van der Waals surface area contributed by atoms with Gasteiger partial charge in [0.25, 0.3) is 0 Å². The molecule has 2 atom stereocenters. The van der Waals surface area contributed by atoms with Crippen LogP contribution in [0.15, 0.2) is 24.3 Å². The second-order valence-electron chi connectivity index (χ2n) is 6.13. The molecule has 0 aromatic heterocycles. The van der Waals surface area contributed by atoms with E-state index < -0.39 is 0 Å². The maximum atomic E-state index is 9.88. The van der Waals surface area contributed by atoms with E-state index in [2.05, 4.69) is 43.4 Å². The largest absolute Gasteiger partial charge is 0.394 e. The highest BCUT2D eigenvalue weighted by atomic mass is 16.3. The number of aliphatic hydroxyl groups is 1. The molecule has 0 aliphatic heterocycles. The summed E-state index contributed by atoms with van der Waals surface area (Å²) >= 11 is 0. The molecule has 0 saturated heterocycles. The van der Waals surface area contributed by atoms with Crippen molar-refractivity contribution < 1.29 is 5.11 Å². The highest BCUT2D eigenvalue weighted by Gasteiger charge is 2.32. The average Bonchev–Trinajstić information content (AvgIpc) is 2.64. The number of benzene rings is 1. The Bertz CT molecular complexity index is 387. The molecular formula is C17H27NO. The van der Waals surface area contributed by atoms with E-state index in [-0.39, 0.29) is 12.1 Å². The average molecular weight is 261 g/mol. The number of hydrogen-bond acceptors (Lipinski definition) is 2. The van der Waals surface area contributed by atoms with Crippen molar-refractivity contribution in [2.45, 2.75) is 57.9 Å². The summed E-state index contributed by atoms with van der Waals surface area (Å²) in [6.45, 7) is 4.62. The Morgan fingerprint density at radius 2 is 1.95 bits per heavy atom. The normalized spacial score (nSPS) is 27.8. The molecule has 1 fully saturated rings. The number of rotatable bonds is 4. The predicted octanol–water partition coefficient (Wildman–Crippen LogP) is 4.13. The zero-order chi connectivity index (χ0) is 13.7. The number of anilines is 1. The minimum atomic E-state index is -0.112. The zero-order valence-corrected chi connectivity index (χ0v) is 12.3. The number of nitrogens with one attached hydrogen (secondary N) is 1. The van der Waals surface area contributed by atoms with Crippen LogP contribution < -0.4 is 5.32 Å². The fourth-order valence-electron chi connectivity index (χ4n) is 3.15. The summed E-state index contributed by atoms with van der Waals surface area (Å²) in [4.78, 5) is 0. The third-order valence-corrected chi connectivity index (χ3v) is 4.64. The Morgan fingerprint density at radius 3 is 2.58 bits per heavy atom. The van der Waals surface area contributed by atoms with E-state index in [1.54, 1.807) is 0 Å². The minimum absolute atomic E-state index is 0.112. The van der Waals surface area contributed by atoms with Crippen LogP contribution in [0.2, 0.25) is 0 Å². The van der Waals surface area contributed by atoms with Crippen LogP contribution in [0.4, 0.5) is 5.69 Å². The molecule has 1 aliphatic carbocycles. The molecule has 2 nitrogen and oxygen atoms in total. The molecule has 2 rings (SSSR count). The van der Waals surface area contributed by atoms with Crippen LogP contribution in [-0.4, -0.2) is 17.3 Å². The zero-order valence-electron chi connectivity index (χ0n) is 12.3. The topological polar surface area (TPSA) is 32.3 Å². The smallest absolute Gasteiger partial charge is 0.0661 e. The molecule has 1 aromatic carbocycles. The summed E-state index contributed by atoms with van der Waals surface area (Å²) in [5.74, 6) is 0.841. The van der Waals surface area contributed by atoms with Crippen molar-refractivity contribution in [3.05, 3.63) is 29.8 Å². The van der Waals surface area contributed by atoms with E-state index in [0.29, 0.717) is 0 Å². The van der Waals surface area contributed by atoms with E-state index in [0.717, 1.165) is 24.4 Å². The summed E-state index contributed by atoms with van der Waals surface area (Å²) in [7, 11) is 0. The van der Waals surface area contributed by atoms with E-state index in [1.165, 1.54) is 31.2 Å². The van der Waals surface area contributed by atoms with Gasteiger partial charge in [-0.05, 0) is 44.2 Å². The molecule has 19 heavy (non-hydrogen) atoms. The quantitative estimate of drug-likeness (QED) is 0.799. The van der Waals surface area contributed by atoms with Crippen molar-refractivity contribution in [3.63, 3.8) is 0 Å². The van der Waals surface area contributed by atoms with Gasteiger partial charge in [0.05, 0.1) is 12.1 Å². The Morgan fingerprint density at radius 1 is 1.21 bits per heavy atom. The fourth-order valence-corrected chi connectivity index (χ4v) is 3.15. The first-order valence-corrected chi connectivity index (χ1v) is 7.63. The molecule has 0 radical (unpaired) electrons. The van der Waals surface area contributed by atoms with Crippen molar-refractivity contribution >= 4 is 5.69 Å². The second-order valence-corrected chi connectivity index (χ2v) is 6.13. The van der Waals surface area contributed by atoms with E-state index >= 15 is 0 Å². The standard InChI is InChI=1S/C17H27NO/c1-3-15-5-4-11-17(13-19,12-10-15)18-16-8-6-14(2)7-9-16/h6-9,15,18-19H,3-5,10-13H2,1-2H3. The Labute approximate surface area is 117 Å². The van der Waals surface area contributed by atoms with Gasteiger partial charge >= 0.3 is 0 Å². The maximum Gasteiger partial charge on any atom is 0.0661 e. The van der Waals surface area contributed by atoms with Crippen molar-refractivity contribution in [2.75, 3.05) is 11.9 Å². The number of aryl methyl sites for hydroxylation is 1. The van der Waals surface area contributed by atoms with Gasteiger partial charge in [-0.25, -0.2) is 0 Å². The van der Waals surface area contributed by atoms with E-state index in [1.807, 2.05) is 0 Å². The van der Waals surface area contributed by atoms with E-state index in [4.69, 9.17) is 0 Å². The van der Waals surface area contributed by atoms with Crippen LogP contribution >= 0.6 is 0 Å². The number of hydrogen-bond donors (Lipinski definition) is 2. The summed E-state index contributed by atoms with van der Waals surface area (Å²) < 4.78 is 0. The van der Waals surface area contributed by atoms with Gasteiger partial charge in [-0.1, -0.05) is 43.9 Å². The lowest BCUT2D eigenvalue weighted by atomic mass is 9.89. The molecule has 0 amide bonds. The first kappa shape index (κ1) is 14.4. The van der Waals surface area contributed by atoms with Gasteiger partial charge in [0.15, 0.2) is 0 Å². The van der Waals surface area contributed by atoms with Crippen LogP contribution in [0.1, 0.15) is 51.0 Å². The Balaban J connectivity index is 2.07. The van der Waals surface area contributed by atoms with Crippen molar-refractivity contribution in [2.24, 2.45) is 5.92 Å². The summed E-state index contributed by atoms with van der Waals surface area (Å²) in [5, 5.41) is 13.5. The van der Waals surface area contributed by atoms with E-state index in [9.17, 15) is 5.11 Å². The van der Waals surface area contributed by atoms with Crippen molar-refractivity contribution in [3.8, 4) is 0 Å². The van der Waals surface area contributed by atoms with Crippen LogP contribution in [0.3, 0.4) is 0 Å². The van der Waals surface area contributed by atoms with Gasteiger partial charge < -0.3 is 10.4 Å². The molecule has 106 valence electrons. The first-order valence-electron chi connectivity index (χ1n) is 7.63. The van der Waals surface area contributed by atoms with Crippen LogP contribution in [0.5, 0.6) is 0 Å². The van der Waals surface area contributed by atoms with Gasteiger partial charge in [-0.3, -0.25) is 0 Å². The van der Waals surface area contributed by atoms with Crippen LogP contribution in [0, 0.1) is 12.8 Å². The van der Waals surface area contributed by atoms with Crippen LogP contribution in [0.25, 0.3) is 0 Å². The molecule has 1 aromatic rings. The summed E-state index contributed by atoms with van der Waals surface area (Å²) in [6, 6.07) is 8.49.